The molecule has 0 heterocycles. The minimum absolute atomic E-state index is 0.0100. The van der Waals surface area contributed by atoms with E-state index in [2.05, 4.69) is 54.5 Å². The molecule has 0 aromatic heterocycles. The normalized spacial score (nSPS) is 53.7. The van der Waals surface area contributed by atoms with E-state index in [9.17, 15) is 9.90 Å². The van der Waals surface area contributed by atoms with Gasteiger partial charge in [-0.3, -0.25) is 0 Å². The largest absolute Gasteiger partial charge is 0.393 e. The summed E-state index contributed by atoms with van der Waals surface area (Å²) in [6.07, 6.45) is 15.3. The van der Waals surface area contributed by atoms with Crippen LogP contribution in [0, 0.1) is 50.2 Å². The lowest BCUT2D eigenvalue weighted by Crippen LogP contribution is -2.63. The van der Waals surface area contributed by atoms with E-state index >= 15 is 0 Å². The molecule has 0 spiro atoms. The number of hydrogen-bond acceptors (Lipinski definition) is 2. The summed E-state index contributed by atoms with van der Waals surface area (Å²) < 4.78 is 0. The van der Waals surface area contributed by atoms with Gasteiger partial charge >= 0.3 is 0 Å². The second-order valence-corrected chi connectivity index (χ2v) is 15.0. The van der Waals surface area contributed by atoms with Gasteiger partial charge in [0.15, 0.2) is 0 Å². The number of hydrogen-bond donors (Lipinski definition) is 1. The molecule has 0 aromatic carbocycles. The number of aliphatic hydroxyl groups is 1. The standard InChI is InChI=1S/C30H48O2/c1-25(2)16-17-30(19-31)15-10-22-28(6)12-8-20-26(3,4)24(32)11-14-27(20,5)21(28)9-13-29(22,7)23(30)18-25/h10,19-21,23-24,32H,8-9,11-18H2,1-7H3/t20-,21+,23-,24-,27-,28+,29+,30-/m0/s1. The van der Waals surface area contributed by atoms with Crippen LogP contribution >= 0.6 is 0 Å². The van der Waals surface area contributed by atoms with Gasteiger partial charge in [0.25, 0.3) is 0 Å². The molecule has 32 heavy (non-hydrogen) atoms. The van der Waals surface area contributed by atoms with Crippen molar-refractivity contribution in [2.75, 3.05) is 0 Å². The van der Waals surface area contributed by atoms with Crippen LogP contribution in [0.15, 0.2) is 11.6 Å². The summed E-state index contributed by atoms with van der Waals surface area (Å²) in [7, 11) is 0. The Morgan fingerprint density at radius 2 is 1.44 bits per heavy atom. The van der Waals surface area contributed by atoms with E-state index in [-0.39, 0.29) is 27.8 Å². The van der Waals surface area contributed by atoms with Crippen LogP contribution in [0.4, 0.5) is 0 Å². The topological polar surface area (TPSA) is 37.3 Å². The molecule has 0 amide bonds. The molecule has 4 saturated carbocycles. The van der Waals surface area contributed by atoms with Crippen molar-refractivity contribution < 1.29 is 9.90 Å². The Bertz CT molecular complexity index is 838. The number of carbonyl (C=O) groups is 1. The first-order valence-corrected chi connectivity index (χ1v) is 13.6. The maximum atomic E-state index is 12.6. The van der Waals surface area contributed by atoms with E-state index in [4.69, 9.17) is 0 Å². The van der Waals surface area contributed by atoms with Crippen LogP contribution in [0.5, 0.6) is 0 Å². The van der Waals surface area contributed by atoms with E-state index in [0.29, 0.717) is 28.6 Å². The highest BCUT2D eigenvalue weighted by atomic mass is 16.3. The molecule has 1 N–H and O–H groups in total. The quantitative estimate of drug-likeness (QED) is 0.342. The molecule has 0 aliphatic heterocycles. The van der Waals surface area contributed by atoms with Gasteiger partial charge in [-0.15, -0.1) is 0 Å². The van der Waals surface area contributed by atoms with Crippen LogP contribution in [-0.2, 0) is 4.79 Å². The molecule has 2 heteroatoms. The van der Waals surface area contributed by atoms with Gasteiger partial charge in [-0.25, -0.2) is 0 Å². The highest BCUT2D eigenvalue weighted by Crippen LogP contribution is 2.74. The molecule has 2 nitrogen and oxygen atoms in total. The van der Waals surface area contributed by atoms with Crippen molar-refractivity contribution >= 4 is 6.29 Å². The fourth-order valence-corrected chi connectivity index (χ4v) is 10.8. The zero-order chi connectivity index (χ0) is 23.4. The van der Waals surface area contributed by atoms with E-state index in [1.165, 1.54) is 51.2 Å². The molecule has 8 atom stereocenters. The first-order chi connectivity index (χ1) is 14.8. The Kier molecular flexibility index (Phi) is 4.87. The van der Waals surface area contributed by atoms with Gasteiger partial charge in [-0.2, -0.15) is 0 Å². The third kappa shape index (κ3) is 2.77. The highest BCUT2D eigenvalue weighted by Gasteiger charge is 2.67. The molecule has 5 aliphatic rings. The van der Waals surface area contributed by atoms with Crippen molar-refractivity contribution in [2.24, 2.45) is 50.2 Å². The number of carbonyl (C=O) groups excluding carboxylic acids is 1. The van der Waals surface area contributed by atoms with Gasteiger partial charge in [0.1, 0.15) is 6.29 Å². The number of aliphatic hydroxyl groups excluding tert-OH is 1. The average molecular weight is 441 g/mol. The first kappa shape index (κ1) is 23.1. The summed E-state index contributed by atoms with van der Waals surface area (Å²) >= 11 is 0. The summed E-state index contributed by atoms with van der Waals surface area (Å²) in [5.41, 5.74) is 2.66. The molecule has 0 radical (unpaired) electrons. The Balaban J connectivity index is 1.57. The second-order valence-electron chi connectivity index (χ2n) is 15.0. The van der Waals surface area contributed by atoms with Gasteiger partial charge < -0.3 is 9.90 Å². The minimum atomic E-state index is -0.162. The molecule has 5 aliphatic carbocycles. The Hall–Kier alpha value is -0.630. The highest BCUT2D eigenvalue weighted by molar-refractivity contribution is 5.63. The van der Waals surface area contributed by atoms with Gasteiger partial charge in [0, 0.05) is 5.41 Å². The third-order valence-corrected chi connectivity index (χ3v) is 12.6. The van der Waals surface area contributed by atoms with Gasteiger partial charge in [0.2, 0.25) is 0 Å². The third-order valence-electron chi connectivity index (χ3n) is 12.6. The summed E-state index contributed by atoms with van der Waals surface area (Å²) in [4.78, 5) is 12.6. The van der Waals surface area contributed by atoms with Crippen LogP contribution in [0.2, 0.25) is 0 Å². The summed E-state index contributed by atoms with van der Waals surface area (Å²) in [6, 6.07) is 0. The smallest absolute Gasteiger partial charge is 0.126 e. The van der Waals surface area contributed by atoms with Crippen molar-refractivity contribution in [3.05, 3.63) is 11.6 Å². The fraction of sp³-hybridized carbons (Fsp3) is 0.900. The SMILES string of the molecule is CC1(C)CC[C@]2(C=O)CC=C3[C@]4(C)CC[C@H]5C(C)(C)[C@@H](O)CC[C@]5(C)[C@H]4CC[C@@]3(C)[C@@H]2C1. The molecule has 4 fully saturated rings. The minimum Gasteiger partial charge on any atom is -0.393 e. The number of aldehydes is 1. The first-order valence-electron chi connectivity index (χ1n) is 13.6. The average Bonchev–Trinajstić information content (AvgIpc) is 2.71. The van der Waals surface area contributed by atoms with E-state index in [1.807, 2.05) is 0 Å². The number of fused-ring (bicyclic) bond motifs is 7. The van der Waals surface area contributed by atoms with Crippen molar-refractivity contribution in [3.8, 4) is 0 Å². The second kappa shape index (κ2) is 6.73. The lowest BCUT2D eigenvalue weighted by atomic mass is 9.34. The lowest BCUT2D eigenvalue weighted by molar-refractivity contribution is -0.184. The molecule has 0 aromatic rings. The molecule has 0 saturated heterocycles. The van der Waals surface area contributed by atoms with E-state index < -0.39 is 0 Å². The summed E-state index contributed by atoms with van der Waals surface area (Å²) in [5.74, 6) is 1.79. The molecule has 180 valence electrons. The Labute approximate surface area is 197 Å². The fourth-order valence-electron chi connectivity index (χ4n) is 10.8. The predicted molar refractivity (Wildman–Crippen MR) is 131 cm³/mol. The van der Waals surface area contributed by atoms with Crippen molar-refractivity contribution in [1.82, 2.24) is 0 Å². The van der Waals surface area contributed by atoms with Crippen molar-refractivity contribution in [2.45, 2.75) is 119 Å². The number of rotatable bonds is 1. The summed E-state index contributed by atoms with van der Waals surface area (Å²) in [6.45, 7) is 17.2. The molecular formula is C30H48O2. The van der Waals surface area contributed by atoms with Crippen LogP contribution in [-0.4, -0.2) is 17.5 Å². The van der Waals surface area contributed by atoms with Crippen molar-refractivity contribution in [1.29, 1.82) is 0 Å². The van der Waals surface area contributed by atoms with Crippen LogP contribution in [0.1, 0.15) is 113 Å². The molecule has 0 bridgehead atoms. The maximum absolute atomic E-state index is 12.6. The van der Waals surface area contributed by atoms with E-state index in [0.717, 1.165) is 19.3 Å². The van der Waals surface area contributed by atoms with Crippen molar-refractivity contribution in [3.63, 3.8) is 0 Å². The van der Waals surface area contributed by atoms with Crippen LogP contribution in [0.25, 0.3) is 0 Å². The van der Waals surface area contributed by atoms with Crippen LogP contribution < -0.4 is 0 Å². The molecule has 0 unspecified atom stereocenters. The molecule has 5 rings (SSSR count). The predicted octanol–water partition coefficient (Wildman–Crippen LogP) is 7.35. The lowest BCUT2D eigenvalue weighted by Gasteiger charge is -2.70. The summed E-state index contributed by atoms with van der Waals surface area (Å²) in [5, 5.41) is 10.9. The van der Waals surface area contributed by atoms with Gasteiger partial charge in [-0.1, -0.05) is 60.1 Å². The molecular weight excluding hydrogens is 392 g/mol. The zero-order valence-corrected chi connectivity index (χ0v) is 21.9. The maximum Gasteiger partial charge on any atom is 0.126 e. The zero-order valence-electron chi connectivity index (χ0n) is 21.9. The van der Waals surface area contributed by atoms with Gasteiger partial charge in [0.05, 0.1) is 6.10 Å². The Morgan fingerprint density at radius 1 is 0.812 bits per heavy atom. The van der Waals surface area contributed by atoms with Gasteiger partial charge in [-0.05, 0) is 109 Å². The number of allylic oxidation sites excluding steroid dienone is 2. The Morgan fingerprint density at radius 3 is 2.09 bits per heavy atom. The van der Waals surface area contributed by atoms with Crippen LogP contribution in [0.3, 0.4) is 0 Å². The van der Waals surface area contributed by atoms with E-state index in [1.54, 1.807) is 5.57 Å². The monoisotopic (exact) mass is 440 g/mol.